The van der Waals surface area contributed by atoms with Gasteiger partial charge >= 0.3 is 0 Å². The lowest BCUT2D eigenvalue weighted by molar-refractivity contribution is -0.207. The Morgan fingerprint density at radius 2 is 2.14 bits per heavy atom. The number of aryl methyl sites for hydroxylation is 2. The summed E-state index contributed by atoms with van der Waals surface area (Å²) < 4.78 is 5.78. The predicted octanol–water partition coefficient (Wildman–Crippen LogP) is 2.76. The Morgan fingerprint density at radius 3 is 2.64 bits per heavy atom. The van der Waals surface area contributed by atoms with Crippen LogP contribution in [0.2, 0.25) is 0 Å². The van der Waals surface area contributed by atoms with Crippen LogP contribution >= 0.6 is 11.3 Å². The van der Waals surface area contributed by atoms with Crippen molar-refractivity contribution in [2.75, 3.05) is 19.7 Å². The molecule has 2 fully saturated rings. The van der Waals surface area contributed by atoms with E-state index < -0.39 is 0 Å². The van der Waals surface area contributed by atoms with Crippen LogP contribution in [0.4, 0.5) is 0 Å². The zero-order chi connectivity index (χ0) is 15.9. The number of aliphatic hydroxyl groups is 1. The first-order chi connectivity index (χ1) is 10.5. The van der Waals surface area contributed by atoms with Crippen LogP contribution < -0.4 is 0 Å². The molecule has 2 aliphatic rings. The molecule has 0 radical (unpaired) electrons. The van der Waals surface area contributed by atoms with Crippen molar-refractivity contribution < 1.29 is 14.6 Å². The molecular weight excluding hydrogens is 298 g/mol. The molecule has 0 unspecified atom stereocenters. The molecule has 1 aliphatic heterocycles. The topological polar surface area (TPSA) is 49.8 Å². The monoisotopic (exact) mass is 323 g/mol. The van der Waals surface area contributed by atoms with E-state index in [1.165, 1.54) is 4.88 Å². The number of thiophene rings is 1. The van der Waals surface area contributed by atoms with E-state index in [4.69, 9.17) is 4.74 Å². The lowest BCUT2D eigenvalue weighted by Crippen LogP contribution is -2.62. The summed E-state index contributed by atoms with van der Waals surface area (Å²) in [6.45, 7) is 8.17. The van der Waals surface area contributed by atoms with Gasteiger partial charge in [-0.25, -0.2) is 0 Å². The molecule has 2 atom stereocenters. The molecule has 22 heavy (non-hydrogen) atoms. The van der Waals surface area contributed by atoms with Gasteiger partial charge in [0.25, 0.3) is 5.91 Å². The van der Waals surface area contributed by atoms with Crippen molar-refractivity contribution >= 4 is 17.2 Å². The molecule has 1 N–H and O–H groups in total. The number of hydrogen-bond acceptors (Lipinski definition) is 4. The third kappa shape index (κ3) is 2.49. The van der Waals surface area contributed by atoms with Crippen LogP contribution in [0.25, 0.3) is 0 Å². The van der Waals surface area contributed by atoms with Gasteiger partial charge in [0.15, 0.2) is 0 Å². The first-order valence-corrected chi connectivity index (χ1v) is 8.95. The molecule has 3 rings (SSSR count). The van der Waals surface area contributed by atoms with E-state index in [2.05, 4.69) is 0 Å². The van der Waals surface area contributed by atoms with Gasteiger partial charge in [0.1, 0.15) is 0 Å². The SMILES string of the molecule is CCO[C@H]1C[C@H](O)C12CCN(C(=O)c1cc(C)sc1C)CC2. The van der Waals surface area contributed by atoms with Crippen molar-refractivity contribution in [3.05, 3.63) is 21.4 Å². The molecule has 5 heteroatoms. The number of carbonyl (C=O) groups is 1. The quantitative estimate of drug-likeness (QED) is 0.930. The minimum absolute atomic E-state index is 0.119. The van der Waals surface area contributed by atoms with Gasteiger partial charge in [-0.05, 0) is 39.7 Å². The second-order valence-electron chi connectivity index (χ2n) is 6.55. The normalized spacial score (nSPS) is 27.0. The number of piperidine rings is 1. The highest BCUT2D eigenvalue weighted by molar-refractivity contribution is 7.12. The van der Waals surface area contributed by atoms with Crippen molar-refractivity contribution in [1.82, 2.24) is 4.90 Å². The molecule has 1 amide bonds. The summed E-state index contributed by atoms with van der Waals surface area (Å²) in [6.07, 6.45) is 2.31. The van der Waals surface area contributed by atoms with Gasteiger partial charge in [-0.15, -0.1) is 11.3 Å². The van der Waals surface area contributed by atoms with Crippen LogP contribution in [0, 0.1) is 19.3 Å². The average Bonchev–Trinajstić information content (AvgIpc) is 2.85. The van der Waals surface area contributed by atoms with E-state index in [0.29, 0.717) is 19.7 Å². The second-order valence-corrected chi connectivity index (χ2v) is 8.01. The van der Waals surface area contributed by atoms with Crippen LogP contribution in [-0.2, 0) is 4.74 Å². The predicted molar refractivity (Wildman–Crippen MR) is 87.4 cm³/mol. The van der Waals surface area contributed by atoms with Crippen LogP contribution in [-0.4, -0.2) is 47.8 Å². The molecular formula is C17H25NO3S. The van der Waals surface area contributed by atoms with Gasteiger partial charge in [-0.1, -0.05) is 0 Å². The standard InChI is InChI=1S/C17H25NO3S/c1-4-21-15-10-14(19)17(15)5-7-18(8-6-17)16(20)13-9-11(2)22-12(13)3/h9,14-15,19H,4-8,10H2,1-3H3/t14-,15-/m0/s1. The van der Waals surface area contributed by atoms with E-state index in [1.807, 2.05) is 31.7 Å². The number of nitrogens with zero attached hydrogens (tertiary/aromatic N) is 1. The number of aliphatic hydroxyl groups excluding tert-OH is 1. The molecule has 0 bridgehead atoms. The van der Waals surface area contributed by atoms with E-state index in [9.17, 15) is 9.90 Å². The minimum Gasteiger partial charge on any atom is -0.392 e. The van der Waals surface area contributed by atoms with E-state index in [0.717, 1.165) is 29.7 Å². The Morgan fingerprint density at radius 1 is 1.45 bits per heavy atom. The van der Waals surface area contributed by atoms with Crippen LogP contribution in [0.1, 0.15) is 46.3 Å². The highest BCUT2D eigenvalue weighted by Crippen LogP contribution is 2.51. The molecule has 1 spiro atoms. The van der Waals surface area contributed by atoms with Crippen LogP contribution in [0.15, 0.2) is 6.07 Å². The van der Waals surface area contributed by atoms with Crippen molar-refractivity contribution in [2.45, 2.75) is 52.2 Å². The summed E-state index contributed by atoms with van der Waals surface area (Å²) in [5.41, 5.74) is 0.723. The molecule has 1 aliphatic carbocycles. The maximum Gasteiger partial charge on any atom is 0.254 e. The summed E-state index contributed by atoms with van der Waals surface area (Å²) >= 11 is 1.68. The maximum absolute atomic E-state index is 12.7. The van der Waals surface area contributed by atoms with Gasteiger partial charge in [-0.2, -0.15) is 0 Å². The van der Waals surface area contributed by atoms with Gasteiger partial charge in [-0.3, -0.25) is 4.79 Å². The number of carbonyl (C=O) groups excluding carboxylic acids is 1. The van der Waals surface area contributed by atoms with Gasteiger partial charge in [0.05, 0.1) is 17.8 Å². The Labute approximate surface area is 136 Å². The van der Waals surface area contributed by atoms with E-state index in [1.54, 1.807) is 11.3 Å². The van der Waals surface area contributed by atoms with Crippen molar-refractivity contribution in [2.24, 2.45) is 5.41 Å². The number of likely N-dealkylation sites (tertiary alicyclic amines) is 1. The molecule has 1 saturated heterocycles. The number of hydrogen-bond donors (Lipinski definition) is 1. The average molecular weight is 323 g/mol. The zero-order valence-electron chi connectivity index (χ0n) is 13.6. The molecule has 122 valence electrons. The molecule has 1 saturated carbocycles. The lowest BCUT2D eigenvalue weighted by atomic mass is 9.58. The van der Waals surface area contributed by atoms with E-state index >= 15 is 0 Å². The van der Waals surface area contributed by atoms with Crippen molar-refractivity contribution in [3.63, 3.8) is 0 Å². The molecule has 1 aromatic rings. The molecule has 0 aromatic carbocycles. The second kappa shape index (κ2) is 5.95. The minimum atomic E-state index is -0.272. The Hall–Kier alpha value is -0.910. The highest BCUT2D eigenvalue weighted by atomic mass is 32.1. The number of amides is 1. The first kappa shape index (κ1) is 16.0. The Balaban J connectivity index is 1.67. The van der Waals surface area contributed by atoms with Gasteiger partial charge < -0.3 is 14.7 Å². The number of ether oxygens (including phenoxy) is 1. The summed E-state index contributed by atoms with van der Waals surface area (Å²) in [7, 11) is 0. The summed E-state index contributed by atoms with van der Waals surface area (Å²) in [6, 6.07) is 1.99. The fourth-order valence-electron chi connectivity index (χ4n) is 3.96. The highest BCUT2D eigenvalue weighted by Gasteiger charge is 2.56. The third-order valence-corrected chi connectivity index (χ3v) is 6.33. The first-order valence-electron chi connectivity index (χ1n) is 8.14. The Kier molecular flexibility index (Phi) is 4.32. The van der Waals surface area contributed by atoms with E-state index in [-0.39, 0.29) is 23.5 Å². The zero-order valence-corrected chi connectivity index (χ0v) is 14.4. The van der Waals surface area contributed by atoms with Crippen molar-refractivity contribution in [1.29, 1.82) is 0 Å². The van der Waals surface area contributed by atoms with Crippen LogP contribution in [0.3, 0.4) is 0 Å². The maximum atomic E-state index is 12.7. The smallest absolute Gasteiger partial charge is 0.254 e. The van der Waals surface area contributed by atoms with Crippen LogP contribution in [0.5, 0.6) is 0 Å². The summed E-state index contributed by atoms with van der Waals surface area (Å²) in [4.78, 5) is 16.9. The fraction of sp³-hybridized carbons (Fsp3) is 0.706. The number of rotatable bonds is 3. The van der Waals surface area contributed by atoms with Crippen molar-refractivity contribution in [3.8, 4) is 0 Å². The largest absolute Gasteiger partial charge is 0.392 e. The summed E-state index contributed by atoms with van der Waals surface area (Å²) in [5, 5.41) is 10.2. The third-order valence-electron chi connectivity index (χ3n) is 5.36. The summed E-state index contributed by atoms with van der Waals surface area (Å²) in [5.74, 6) is 0.137. The molecule has 2 heterocycles. The fourth-order valence-corrected chi connectivity index (χ4v) is 4.87. The molecule has 1 aromatic heterocycles. The Bertz CT molecular complexity index is 558. The van der Waals surface area contributed by atoms with Gasteiger partial charge in [0.2, 0.25) is 0 Å². The molecule has 4 nitrogen and oxygen atoms in total. The lowest BCUT2D eigenvalue weighted by Gasteiger charge is -2.56. The van der Waals surface area contributed by atoms with Gasteiger partial charge in [0, 0.05) is 41.3 Å².